The monoisotopic (exact) mass is 291 g/mol. The summed E-state index contributed by atoms with van der Waals surface area (Å²) >= 11 is 0. The third kappa shape index (κ3) is 3.15. The van der Waals surface area contributed by atoms with Crippen LogP contribution in [0.3, 0.4) is 0 Å². The number of esters is 1. The zero-order chi connectivity index (χ0) is 15.4. The van der Waals surface area contributed by atoms with E-state index in [0.717, 1.165) is 16.3 Å². The summed E-state index contributed by atoms with van der Waals surface area (Å²) in [5.41, 5.74) is 6.99. The molecule has 3 aromatic carbocycles. The van der Waals surface area contributed by atoms with Crippen molar-refractivity contribution in [1.82, 2.24) is 0 Å². The molecule has 3 nitrogen and oxygen atoms in total. The second-order valence-corrected chi connectivity index (χ2v) is 5.19. The summed E-state index contributed by atoms with van der Waals surface area (Å²) < 4.78 is 5.50. The van der Waals surface area contributed by atoms with Gasteiger partial charge in [-0.15, -0.1) is 0 Å². The van der Waals surface area contributed by atoms with Crippen LogP contribution in [0.15, 0.2) is 72.8 Å². The second-order valence-electron chi connectivity index (χ2n) is 5.19. The Morgan fingerprint density at radius 3 is 2.41 bits per heavy atom. The lowest BCUT2D eigenvalue weighted by Gasteiger charge is -2.12. The number of hydrogen-bond donors (Lipinski definition) is 1. The summed E-state index contributed by atoms with van der Waals surface area (Å²) in [6.45, 7) is 0. The average Bonchev–Trinajstić information content (AvgIpc) is 2.56. The van der Waals surface area contributed by atoms with Gasteiger partial charge in [-0.3, -0.25) is 0 Å². The number of benzene rings is 3. The molecule has 0 aliphatic rings. The van der Waals surface area contributed by atoms with Gasteiger partial charge in [0.05, 0.1) is 0 Å². The van der Waals surface area contributed by atoms with Crippen LogP contribution in [0.4, 0.5) is 0 Å². The first kappa shape index (κ1) is 14.3. The zero-order valence-electron chi connectivity index (χ0n) is 12.1. The molecule has 0 aliphatic heterocycles. The highest BCUT2D eigenvalue weighted by Crippen LogP contribution is 2.25. The SMILES string of the molecule is NC(Cc1ccccc1)C(=O)Oc1cccc2ccccc12. The van der Waals surface area contributed by atoms with Crippen molar-refractivity contribution in [2.75, 3.05) is 0 Å². The van der Waals surface area contributed by atoms with Crippen LogP contribution in [0.2, 0.25) is 0 Å². The first-order chi connectivity index (χ1) is 10.7. The molecule has 0 spiro atoms. The fourth-order valence-electron chi connectivity index (χ4n) is 2.42. The largest absolute Gasteiger partial charge is 0.425 e. The molecule has 1 atom stereocenters. The molecule has 3 rings (SSSR count). The first-order valence-corrected chi connectivity index (χ1v) is 7.23. The van der Waals surface area contributed by atoms with Crippen LogP contribution in [0.25, 0.3) is 10.8 Å². The lowest BCUT2D eigenvalue weighted by Crippen LogP contribution is -2.36. The van der Waals surface area contributed by atoms with Crippen molar-refractivity contribution in [3.05, 3.63) is 78.4 Å². The number of fused-ring (bicyclic) bond motifs is 1. The molecule has 0 saturated heterocycles. The zero-order valence-corrected chi connectivity index (χ0v) is 12.1. The van der Waals surface area contributed by atoms with Crippen molar-refractivity contribution in [2.24, 2.45) is 5.73 Å². The number of rotatable bonds is 4. The van der Waals surface area contributed by atoms with Crippen molar-refractivity contribution < 1.29 is 9.53 Å². The fraction of sp³-hybridized carbons (Fsp3) is 0.105. The number of carbonyl (C=O) groups is 1. The molecule has 0 bridgehead atoms. The van der Waals surface area contributed by atoms with Crippen molar-refractivity contribution in [1.29, 1.82) is 0 Å². The Balaban J connectivity index is 1.75. The molecule has 1 unspecified atom stereocenters. The minimum absolute atomic E-state index is 0.416. The molecule has 0 amide bonds. The smallest absolute Gasteiger partial charge is 0.328 e. The molecular formula is C19H17NO2. The highest BCUT2D eigenvalue weighted by Gasteiger charge is 2.17. The van der Waals surface area contributed by atoms with Gasteiger partial charge >= 0.3 is 5.97 Å². The number of ether oxygens (including phenoxy) is 1. The molecule has 3 aromatic rings. The van der Waals surface area contributed by atoms with Gasteiger partial charge < -0.3 is 10.5 Å². The lowest BCUT2D eigenvalue weighted by molar-refractivity contribution is -0.135. The van der Waals surface area contributed by atoms with Crippen LogP contribution in [-0.4, -0.2) is 12.0 Å². The standard InChI is InChI=1S/C19H17NO2/c20-17(13-14-7-2-1-3-8-14)19(21)22-18-12-6-10-15-9-4-5-11-16(15)18/h1-12,17H,13,20H2. The lowest BCUT2D eigenvalue weighted by atomic mass is 10.1. The first-order valence-electron chi connectivity index (χ1n) is 7.23. The Morgan fingerprint density at radius 1 is 0.909 bits per heavy atom. The molecule has 0 aromatic heterocycles. The molecule has 0 heterocycles. The summed E-state index contributed by atoms with van der Waals surface area (Å²) in [6.07, 6.45) is 0.463. The van der Waals surface area contributed by atoms with Gasteiger partial charge in [0.1, 0.15) is 11.8 Å². The minimum atomic E-state index is -0.679. The average molecular weight is 291 g/mol. The van der Waals surface area contributed by atoms with E-state index in [4.69, 9.17) is 10.5 Å². The molecule has 0 radical (unpaired) electrons. The van der Waals surface area contributed by atoms with E-state index in [1.54, 1.807) is 6.07 Å². The van der Waals surface area contributed by atoms with Crippen molar-refractivity contribution >= 4 is 16.7 Å². The van der Waals surface area contributed by atoms with Crippen LogP contribution < -0.4 is 10.5 Å². The van der Waals surface area contributed by atoms with Crippen molar-refractivity contribution in [3.63, 3.8) is 0 Å². The van der Waals surface area contributed by atoms with Gasteiger partial charge in [-0.2, -0.15) is 0 Å². The van der Waals surface area contributed by atoms with Crippen LogP contribution in [0.5, 0.6) is 5.75 Å². The van der Waals surface area contributed by atoms with Gasteiger partial charge in [-0.1, -0.05) is 66.7 Å². The summed E-state index contributed by atoms with van der Waals surface area (Å²) in [7, 11) is 0. The van der Waals surface area contributed by atoms with Gasteiger partial charge in [0, 0.05) is 5.39 Å². The van der Waals surface area contributed by atoms with Gasteiger partial charge in [-0.05, 0) is 23.4 Å². The predicted molar refractivity (Wildman–Crippen MR) is 87.7 cm³/mol. The Hall–Kier alpha value is -2.65. The van der Waals surface area contributed by atoms with E-state index in [-0.39, 0.29) is 0 Å². The molecule has 22 heavy (non-hydrogen) atoms. The van der Waals surface area contributed by atoms with Crippen LogP contribution >= 0.6 is 0 Å². The summed E-state index contributed by atoms with van der Waals surface area (Å²) in [5.74, 6) is 0.131. The molecule has 0 saturated carbocycles. The summed E-state index contributed by atoms with van der Waals surface area (Å²) in [6, 6.07) is 22.4. The molecule has 2 N–H and O–H groups in total. The van der Waals surface area contributed by atoms with E-state index in [1.807, 2.05) is 66.7 Å². The van der Waals surface area contributed by atoms with E-state index < -0.39 is 12.0 Å². The molecule has 110 valence electrons. The predicted octanol–water partition coefficient (Wildman–Crippen LogP) is 3.32. The summed E-state index contributed by atoms with van der Waals surface area (Å²) in [4.78, 5) is 12.2. The molecule has 0 fully saturated rings. The van der Waals surface area contributed by atoms with Gasteiger partial charge in [-0.25, -0.2) is 4.79 Å². The number of nitrogens with two attached hydrogens (primary N) is 1. The van der Waals surface area contributed by atoms with E-state index in [1.165, 1.54) is 0 Å². The van der Waals surface area contributed by atoms with E-state index in [2.05, 4.69) is 0 Å². The third-order valence-corrected chi connectivity index (χ3v) is 3.56. The molecule has 3 heteroatoms. The quantitative estimate of drug-likeness (QED) is 0.592. The van der Waals surface area contributed by atoms with Gasteiger partial charge in [0.25, 0.3) is 0 Å². The maximum Gasteiger partial charge on any atom is 0.328 e. The maximum absolute atomic E-state index is 12.2. The fourth-order valence-corrected chi connectivity index (χ4v) is 2.42. The maximum atomic E-state index is 12.2. The van der Waals surface area contributed by atoms with Crippen LogP contribution in [0.1, 0.15) is 5.56 Å². The van der Waals surface area contributed by atoms with E-state index in [0.29, 0.717) is 12.2 Å². The molecule has 0 aliphatic carbocycles. The molecular weight excluding hydrogens is 274 g/mol. The number of hydrogen-bond acceptors (Lipinski definition) is 3. The Bertz CT molecular complexity index is 778. The Morgan fingerprint density at radius 2 is 1.59 bits per heavy atom. The van der Waals surface area contributed by atoms with Crippen molar-refractivity contribution in [2.45, 2.75) is 12.5 Å². The van der Waals surface area contributed by atoms with Crippen LogP contribution in [0, 0.1) is 0 Å². The topological polar surface area (TPSA) is 52.3 Å². The highest BCUT2D eigenvalue weighted by atomic mass is 16.5. The highest BCUT2D eigenvalue weighted by molar-refractivity contribution is 5.91. The summed E-state index contributed by atoms with van der Waals surface area (Å²) in [5, 5.41) is 1.94. The minimum Gasteiger partial charge on any atom is -0.425 e. The van der Waals surface area contributed by atoms with Crippen molar-refractivity contribution in [3.8, 4) is 5.75 Å². The Kier molecular flexibility index (Phi) is 4.17. The van der Waals surface area contributed by atoms with E-state index in [9.17, 15) is 4.79 Å². The van der Waals surface area contributed by atoms with E-state index >= 15 is 0 Å². The van der Waals surface area contributed by atoms with Gasteiger partial charge in [0.2, 0.25) is 0 Å². The third-order valence-electron chi connectivity index (χ3n) is 3.56. The normalized spacial score (nSPS) is 12.0. The second kappa shape index (κ2) is 6.41. The van der Waals surface area contributed by atoms with Crippen LogP contribution in [-0.2, 0) is 11.2 Å². The Labute approximate surface area is 129 Å². The number of carbonyl (C=O) groups excluding carboxylic acids is 1. The van der Waals surface area contributed by atoms with Gasteiger partial charge in [0.15, 0.2) is 0 Å².